The molecule has 0 radical (unpaired) electrons. The number of pyridine rings is 1. The quantitative estimate of drug-likeness (QED) is 0.752. The number of hydrogen-bond acceptors (Lipinski definition) is 4. The molecule has 0 spiro atoms. The summed E-state index contributed by atoms with van der Waals surface area (Å²) in [5.74, 6) is 0. The molecular formula is C13H21F2N3O. The second-order valence-corrected chi connectivity index (χ2v) is 4.38. The number of hydrogen-bond donors (Lipinski definition) is 2. The van der Waals surface area contributed by atoms with Crippen LogP contribution in [0, 0.1) is 0 Å². The fourth-order valence-corrected chi connectivity index (χ4v) is 2.10. The lowest BCUT2D eigenvalue weighted by molar-refractivity contribution is 0.0455. The molecule has 0 saturated heterocycles. The summed E-state index contributed by atoms with van der Waals surface area (Å²) in [6.07, 6.45) is -0.210. The van der Waals surface area contributed by atoms with Crippen molar-refractivity contribution in [1.82, 2.24) is 9.88 Å². The van der Waals surface area contributed by atoms with Gasteiger partial charge in [-0.3, -0.25) is 9.88 Å². The molecule has 3 N–H and O–H groups in total. The highest BCUT2D eigenvalue weighted by Gasteiger charge is 2.28. The van der Waals surface area contributed by atoms with Crippen LogP contribution < -0.4 is 5.73 Å². The Kier molecular flexibility index (Phi) is 6.83. The maximum absolute atomic E-state index is 12.7. The number of alkyl halides is 2. The summed E-state index contributed by atoms with van der Waals surface area (Å²) in [6.45, 7) is 1.45. The van der Waals surface area contributed by atoms with Crippen molar-refractivity contribution in [3.8, 4) is 0 Å². The molecule has 1 aromatic rings. The zero-order chi connectivity index (χ0) is 14.3. The summed E-state index contributed by atoms with van der Waals surface area (Å²) in [5.41, 5.74) is 6.71. The first-order valence-corrected chi connectivity index (χ1v) is 6.39. The van der Waals surface area contributed by atoms with Crippen molar-refractivity contribution in [3.05, 3.63) is 30.1 Å². The molecule has 108 valence electrons. The van der Waals surface area contributed by atoms with Gasteiger partial charge in [-0.15, -0.1) is 0 Å². The third kappa shape index (κ3) is 4.81. The molecular weight excluding hydrogens is 252 g/mol. The van der Waals surface area contributed by atoms with E-state index >= 15 is 0 Å². The van der Waals surface area contributed by atoms with E-state index in [1.54, 1.807) is 24.4 Å². The van der Waals surface area contributed by atoms with Crippen molar-refractivity contribution in [3.63, 3.8) is 0 Å². The first-order valence-electron chi connectivity index (χ1n) is 6.39. The SMILES string of the molecule is CCC(N)C(c1ccccn1)N(CCO)CC(F)F. The van der Waals surface area contributed by atoms with Gasteiger partial charge >= 0.3 is 0 Å². The lowest BCUT2D eigenvalue weighted by atomic mass is 10.0. The normalized spacial score (nSPS) is 14.9. The summed E-state index contributed by atoms with van der Waals surface area (Å²) < 4.78 is 25.3. The fourth-order valence-electron chi connectivity index (χ4n) is 2.10. The second-order valence-electron chi connectivity index (χ2n) is 4.38. The summed E-state index contributed by atoms with van der Waals surface area (Å²) in [5, 5.41) is 9.05. The average molecular weight is 273 g/mol. The van der Waals surface area contributed by atoms with Crippen molar-refractivity contribution in [2.24, 2.45) is 5.73 Å². The molecule has 2 atom stereocenters. The van der Waals surface area contributed by atoms with Crippen LogP contribution in [-0.2, 0) is 0 Å². The first-order chi connectivity index (χ1) is 9.10. The zero-order valence-electron chi connectivity index (χ0n) is 11.0. The molecule has 1 heterocycles. The van der Waals surface area contributed by atoms with Crippen LogP contribution in [0.2, 0.25) is 0 Å². The van der Waals surface area contributed by atoms with E-state index in [2.05, 4.69) is 4.98 Å². The van der Waals surface area contributed by atoms with E-state index in [0.717, 1.165) is 0 Å². The largest absolute Gasteiger partial charge is 0.395 e. The van der Waals surface area contributed by atoms with Crippen molar-refractivity contribution in [1.29, 1.82) is 0 Å². The van der Waals surface area contributed by atoms with Gasteiger partial charge in [-0.2, -0.15) is 0 Å². The number of nitrogens with zero attached hydrogens (tertiary/aromatic N) is 2. The van der Waals surface area contributed by atoms with Crippen molar-refractivity contribution < 1.29 is 13.9 Å². The van der Waals surface area contributed by atoms with E-state index in [9.17, 15) is 8.78 Å². The van der Waals surface area contributed by atoms with Gasteiger partial charge in [0.1, 0.15) is 0 Å². The van der Waals surface area contributed by atoms with Gasteiger partial charge in [-0.25, -0.2) is 8.78 Å². The van der Waals surface area contributed by atoms with E-state index in [1.165, 1.54) is 4.90 Å². The van der Waals surface area contributed by atoms with Crippen LogP contribution in [0.1, 0.15) is 25.1 Å². The monoisotopic (exact) mass is 273 g/mol. The Labute approximate surface area is 112 Å². The highest BCUT2D eigenvalue weighted by Crippen LogP contribution is 2.24. The van der Waals surface area contributed by atoms with Gasteiger partial charge < -0.3 is 10.8 Å². The molecule has 6 heteroatoms. The van der Waals surface area contributed by atoms with Gasteiger partial charge in [0.2, 0.25) is 0 Å². The van der Waals surface area contributed by atoms with Crippen LogP contribution in [0.3, 0.4) is 0 Å². The Bertz CT molecular complexity index is 351. The minimum absolute atomic E-state index is 0.152. The first kappa shape index (κ1) is 15.9. The number of aromatic nitrogens is 1. The molecule has 0 saturated carbocycles. The Morgan fingerprint density at radius 1 is 1.42 bits per heavy atom. The Hall–Kier alpha value is -1.11. The van der Waals surface area contributed by atoms with Gasteiger partial charge in [0.05, 0.1) is 24.9 Å². The average Bonchev–Trinajstić information content (AvgIpc) is 2.39. The van der Waals surface area contributed by atoms with Gasteiger partial charge in [0.25, 0.3) is 6.43 Å². The zero-order valence-corrected chi connectivity index (χ0v) is 11.0. The van der Waals surface area contributed by atoms with Crippen LogP contribution in [0.25, 0.3) is 0 Å². The molecule has 0 aliphatic carbocycles. The maximum atomic E-state index is 12.7. The topological polar surface area (TPSA) is 62.4 Å². The minimum atomic E-state index is -2.47. The highest BCUT2D eigenvalue weighted by molar-refractivity contribution is 5.11. The van der Waals surface area contributed by atoms with Crippen molar-refractivity contribution >= 4 is 0 Å². The molecule has 19 heavy (non-hydrogen) atoms. The second kappa shape index (κ2) is 8.14. The van der Waals surface area contributed by atoms with E-state index in [-0.39, 0.29) is 19.2 Å². The Morgan fingerprint density at radius 2 is 2.16 bits per heavy atom. The van der Waals surface area contributed by atoms with Gasteiger partial charge in [-0.05, 0) is 18.6 Å². The Morgan fingerprint density at radius 3 is 2.63 bits per heavy atom. The van der Waals surface area contributed by atoms with Crippen LogP contribution in [-0.4, -0.2) is 47.2 Å². The third-order valence-electron chi connectivity index (χ3n) is 3.02. The van der Waals surface area contributed by atoms with E-state index in [1.807, 2.05) is 6.92 Å². The highest BCUT2D eigenvalue weighted by atomic mass is 19.3. The van der Waals surface area contributed by atoms with E-state index in [4.69, 9.17) is 10.8 Å². The number of aliphatic hydroxyl groups is 1. The van der Waals surface area contributed by atoms with Gasteiger partial charge in [0.15, 0.2) is 0 Å². The smallest absolute Gasteiger partial charge is 0.251 e. The predicted octanol–water partition coefficient (Wildman–Crippen LogP) is 1.42. The number of rotatable bonds is 8. The van der Waals surface area contributed by atoms with Crippen LogP contribution in [0.5, 0.6) is 0 Å². The standard InChI is InChI=1S/C13H21F2N3O/c1-2-10(16)13(11-5-3-4-6-17-11)18(7-8-19)9-12(14)15/h3-6,10,12-13,19H,2,7-9,16H2,1H3. The Balaban J connectivity index is 2.99. The molecule has 0 aliphatic rings. The fraction of sp³-hybridized carbons (Fsp3) is 0.615. The van der Waals surface area contributed by atoms with E-state index in [0.29, 0.717) is 12.1 Å². The molecule has 0 amide bonds. The van der Waals surface area contributed by atoms with Crippen LogP contribution in [0.15, 0.2) is 24.4 Å². The molecule has 1 aromatic heterocycles. The minimum Gasteiger partial charge on any atom is -0.395 e. The predicted molar refractivity (Wildman–Crippen MR) is 69.9 cm³/mol. The number of aliphatic hydroxyl groups excluding tert-OH is 1. The molecule has 1 rings (SSSR count). The summed E-state index contributed by atoms with van der Waals surface area (Å²) in [6, 6.07) is 4.63. The number of nitrogens with two attached hydrogens (primary N) is 1. The van der Waals surface area contributed by atoms with Gasteiger partial charge in [0, 0.05) is 18.8 Å². The molecule has 0 bridgehead atoms. The van der Waals surface area contributed by atoms with E-state index < -0.39 is 19.0 Å². The summed E-state index contributed by atoms with van der Waals surface area (Å²) >= 11 is 0. The molecule has 2 unspecified atom stereocenters. The maximum Gasteiger partial charge on any atom is 0.251 e. The summed E-state index contributed by atoms with van der Waals surface area (Å²) in [7, 11) is 0. The third-order valence-corrected chi connectivity index (χ3v) is 3.02. The molecule has 4 nitrogen and oxygen atoms in total. The molecule has 0 aliphatic heterocycles. The van der Waals surface area contributed by atoms with Crippen molar-refractivity contribution in [2.45, 2.75) is 31.9 Å². The summed E-state index contributed by atoms with van der Waals surface area (Å²) in [4.78, 5) is 5.71. The molecule has 0 fully saturated rings. The van der Waals surface area contributed by atoms with Crippen molar-refractivity contribution in [2.75, 3.05) is 19.7 Å². The van der Waals surface area contributed by atoms with Crippen LogP contribution in [0.4, 0.5) is 8.78 Å². The lowest BCUT2D eigenvalue weighted by Gasteiger charge is -2.34. The lowest BCUT2D eigenvalue weighted by Crippen LogP contribution is -2.44. The van der Waals surface area contributed by atoms with Gasteiger partial charge in [-0.1, -0.05) is 13.0 Å². The number of halogens is 2. The molecule has 0 aromatic carbocycles. The van der Waals surface area contributed by atoms with Crippen LogP contribution >= 0.6 is 0 Å².